The van der Waals surface area contributed by atoms with Crippen LogP contribution in [0.5, 0.6) is 0 Å². The molecule has 20 heavy (non-hydrogen) atoms. The van der Waals surface area contributed by atoms with Crippen LogP contribution in [0, 0.1) is 5.92 Å². The second kappa shape index (κ2) is 7.28. The van der Waals surface area contributed by atoms with Gasteiger partial charge in [-0.15, -0.1) is 0 Å². The summed E-state index contributed by atoms with van der Waals surface area (Å²) in [6.07, 6.45) is 3.55. The molecule has 0 spiro atoms. The molecule has 0 radical (unpaired) electrons. The molecule has 0 aliphatic heterocycles. The maximum absolute atomic E-state index is 6.12. The van der Waals surface area contributed by atoms with Gasteiger partial charge in [-0.25, -0.2) is 0 Å². The fourth-order valence-electron chi connectivity index (χ4n) is 2.70. The number of nitrogens with one attached hydrogen (secondary N) is 1. The van der Waals surface area contributed by atoms with E-state index in [1.807, 2.05) is 6.07 Å². The molecule has 1 N–H and O–H groups in total. The lowest BCUT2D eigenvalue weighted by Gasteiger charge is -2.23. The molecule has 110 valence electrons. The molecule has 0 saturated carbocycles. The largest absolute Gasteiger partial charge is 0.458 e. The standard InChI is InChI=1S/C17H24BrNO/c1-4-7-12(3)16(19-10-5-2)15-11-13-8-6-9-14(18)17(13)20-15/h6,8-9,11-12,16,19H,4-5,7,10H2,1-3H3. The van der Waals surface area contributed by atoms with E-state index in [0.717, 1.165) is 28.8 Å². The third kappa shape index (κ3) is 3.44. The van der Waals surface area contributed by atoms with Crippen molar-refractivity contribution in [3.8, 4) is 0 Å². The Morgan fingerprint density at radius 2 is 2.05 bits per heavy atom. The van der Waals surface area contributed by atoms with Crippen LogP contribution in [-0.2, 0) is 0 Å². The van der Waals surface area contributed by atoms with Gasteiger partial charge in [0, 0.05) is 5.39 Å². The van der Waals surface area contributed by atoms with Gasteiger partial charge in [-0.2, -0.15) is 0 Å². The highest BCUT2D eigenvalue weighted by molar-refractivity contribution is 9.10. The highest BCUT2D eigenvalue weighted by Crippen LogP contribution is 2.33. The Bertz CT molecular complexity index is 549. The lowest BCUT2D eigenvalue weighted by atomic mass is 9.94. The van der Waals surface area contributed by atoms with Gasteiger partial charge in [0.05, 0.1) is 10.5 Å². The number of furan rings is 1. The van der Waals surface area contributed by atoms with Crippen molar-refractivity contribution < 1.29 is 4.42 Å². The van der Waals surface area contributed by atoms with E-state index in [1.165, 1.54) is 18.2 Å². The molecule has 0 aliphatic rings. The third-order valence-electron chi connectivity index (χ3n) is 3.75. The average molecular weight is 338 g/mol. The van der Waals surface area contributed by atoms with E-state index in [0.29, 0.717) is 12.0 Å². The quantitative estimate of drug-likeness (QED) is 0.703. The van der Waals surface area contributed by atoms with Crippen molar-refractivity contribution >= 4 is 26.9 Å². The molecule has 0 bridgehead atoms. The molecular weight excluding hydrogens is 314 g/mol. The van der Waals surface area contributed by atoms with Crippen LogP contribution in [-0.4, -0.2) is 6.54 Å². The molecule has 1 aromatic carbocycles. The van der Waals surface area contributed by atoms with Gasteiger partial charge in [0.1, 0.15) is 11.3 Å². The summed E-state index contributed by atoms with van der Waals surface area (Å²) in [7, 11) is 0. The van der Waals surface area contributed by atoms with Crippen molar-refractivity contribution in [2.45, 2.75) is 46.1 Å². The van der Waals surface area contributed by atoms with E-state index in [1.54, 1.807) is 0 Å². The lowest BCUT2D eigenvalue weighted by Crippen LogP contribution is -2.27. The maximum Gasteiger partial charge on any atom is 0.148 e. The molecule has 2 aromatic rings. The van der Waals surface area contributed by atoms with Crippen LogP contribution in [0.15, 0.2) is 33.2 Å². The van der Waals surface area contributed by atoms with Gasteiger partial charge in [-0.3, -0.25) is 0 Å². The molecule has 2 nitrogen and oxygen atoms in total. The first-order valence-electron chi connectivity index (χ1n) is 7.58. The topological polar surface area (TPSA) is 25.2 Å². The van der Waals surface area contributed by atoms with Gasteiger partial charge in [-0.05, 0) is 53.4 Å². The predicted molar refractivity (Wildman–Crippen MR) is 89.0 cm³/mol. The summed E-state index contributed by atoms with van der Waals surface area (Å²) in [4.78, 5) is 0. The van der Waals surface area contributed by atoms with Crippen LogP contribution in [0.25, 0.3) is 11.0 Å². The first-order chi connectivity index (χ1) is 9.67. The Morgan fingerprint density at radius 3 is 2.70 bits per heavy atom. The molecule has 0 aliphatic carbocycles. The minimum Gasteiger partial charge on any atom is -0.458 e. The SMILES string of the molecule is CCCNC(c1cc2cccc(Br)c2o1)C(C)CCC. The van der Waals surface area contributed by atoms with Crippen molar-refractivity contribution in [2.24, 2.45) is 5.92 Å². The average Bonchev–Trinajstić information content (AvgIpc) is 2.85. The van der Waals surface area contributed by atoms with E-state index < -0.39 is 0 Å². The highest BCUT2D eigenvalue weighted by atomic mass is 79.9. The van der Waals surface area contributed by atoms with E-state index in [-0.39, 0.29) is 0 Å². The van der Waals surface area contributed by atoms with Crippen LogP contribution in [0.4, 0.5) is 0 Å². The first-order valence-corrected chi connectivity index (χ1v) is 8.38. The maximum atomic E-state index is 6.12. The minimum absolute atomic E-state index is 0.300. The van der Waals surface area contributed by atoms with Gasteiger partial charge >= 0.3 is 0 Å². The molecule has 2 rings (SSSR count). The van der Waals surface area contributed by atoms with Crippen LogP contribution in [0.1, 0.15) is 51.8 Å². The van der Waals surface area contributed by atoms with Gasteiger partial charge in [0.2, 0.25) is 0 Å². The van der Waals surface area contributed by atoms with E-state index >= 15 is 0 Å². The Labute approximate surface area is 130 Å². The van der Waals surface area contributed by atoms with Crippen molar-refractivity contribution in [3.05, 3.63) is 34.5 Å². The second-order valence-electron chi connectivity index (χ2n) is 5.50. The molecule has 1 heterocycles. The number of halogens is 1. The number of hydrogen-bond acceptors (Lipinski definition) is 2. The van der Waals surface area contributed by atoms with E-state index in [4.69, 9.17) is 4.42 Å². The summed E-state index contributed by atoms with van der Waals surface area (Å²) in [5.41, 5.74) is 0.953. The number of hydrogen-bond donors (Lipinski definition) is 1. The van der Waals surface area contributed by atoms with Crippen LogP contribution in [0.2, 0.25) is 0 Å². The first kappa shape index (κ1) is 15.6. The van der Waals surface area contributed by atoms with E-state index in [9.17, 15) is 0 Å². The van der Waals surface area contributed by atoms with E-state index in [2.05, 4.69) is 60.2 Å². The lowest BCUT2D eigenvalue weighted by molar-refractivity contribution is 0.317. The summed E-state index contributed by atoms with van der Waals surface area (Å²) < 4.78 is 7.14. The molecule has 1 aromatic heterocycles. The molecule has 0 amide bonds. The fourth-order valence-corrected chi connectivity index (χ4v) is 3.17. The zero-order valence-electron chi connectivity index (χ0n) is 12.6. The molecule has 2 unspecified atom stereocenters. The predicted octanol–water partition coefficient (Wildman–Crippen LogP) is 5.67. The molecule has 2 atom stereocenters. The van der Waals surface area contributed by atoms with Crippen molar-refractivity contribution in [3.63, 3.8) is 0 Å². The zero-order valence-corrected chi connectivity index (χ0v) is 14.2. The Kier molecular flexibility index (Phi) is 5.67. The fraction of sp³-hybridized carbons (Fsp3) is 0.529. The van der Waals surface area contributed by atoms with Crippen molar-refractivity contribution in [1.82, 2.24) is 5.32 Å². The van der Waals surface area contributed by atoms with Gasteiger partial charge in [0.25, 0.3) is 0 Å². The van der Waals surface area contributed by atoms with Crippen LogP contribution in [0.3, 0.4) is 0 Å². The molecule has 0 fully saturated rings. The zero-order chi connectivity index (χ0) is 14.5. The summed E-state index contributed by atoms with van der Waals surface area (Å²) >= 11 is 3.57. The normalized spacial score (nSPS) is 14.6. The summed E-state index contributed by atoms with van der Waals surface area (Å²) in [5.74, 6) is 1.63. The van der Waals surface area contributed by atoms with Crippen molar-refractivity contribution in [2.75, 3.05) is 6.54 Å². The summed E-state index contributed by atoms with van der Waals surface area (Å²) in [6.45, 7) is 7.77. The van der Waals surface area contributed by atoms with Gasteiger partial charge < -0.3 is 9.73 Å². The Morgan fingerprint density at radius 1 is 1.25 bits per heavy atom. The number of benzene rings is 1. The molecular formula is C17H24BrNO. The Balaban J connectivity index is 2.32. The summed E-state index contributed by atoms with van der Waals surface area (Å²) in [5, 5.41) is 4.81. The second-order valence-corrected chi connectivity index (χ2v) is 6.36. The number of para-hydroxylation sites is 1. The van der Waals surface area contributed by atoms with Gasteiger partial charge in [0.15, 0.2) is 0 Å². The van der Waals surface area contributed by atoms with Crippen LogP contribution < -0.4 is 5.32 Å². The minimum atomic E-state index is 0.300. The Hall–Kier alpha value is -0.800. The third-order valence-corrected chi connectivity index (χ3v) is 4.37. The van der Waals surface area contributed by atoms with Crippen molar-refractivity contribution in [1.29, 1.82) is 0 Å². The summed E-state index contributed by atoms with van der Waals surface area (Å²) in [6, 6.07) is 8.66. The smallest absolute Gasteiger partial charge is 0.148 e. The van der Waals surface area contributed by atoms with Gasteiger partial charge in [-0.1, -0.05) is 39.3 Å². The molecule has 0 saturated heterocycles. The monoisotopic (exact) mass is 337 g/mol. The number of rotatable bonds is 7. The van der Waals surface area contributed by atoms with Crippen LogP contribution >= 0.6 is 15.9 Å². The molecule has 3 heteroatoms. The highest BCUT2D eigenvalue weighted by Gasteiger charge is 2.22. The number of fused-ring (bicyclic) bond motifs is 1.